The third kappa shape index (κ3) is 4.59. The van der Waals surface area contributed by atoms with Crippen molar-refractivity contribution in [3.05, 3.63) is 46.2 Å². The van der Waals surface area contributed by atoms with Gasteiger partial charge in [-0.25, -0.2) is 0 Å². The first kappa shape index (κ1) is 16.1. The van der Waals surface area contributed by atoms with Gasteiger partial charge in [-0.3, -0.25) is 14.8 Å². The van der Waals surface area contributed by atoms with Crippen molar-refractivity contribution in [1.29, 1.82) is 0 Å². The zero-order valence-electron chi connectivity index (χ0n) is 13.4. The van der Waals surface area contributed by atoms with Crippen LogP contribution in [0, 0.1) is 5.92 Å². The molecule has 1 aliphatic heterocycles. The van der Waals surface area contributed by atoms with Gasteiger partial charge in [0.05, 0.1) is 24.1 Å². The molecule has 1 N–H and O–H groups in total. The molecule has 1 saturated heterocycles. The second kappa shape index (κ2) is 7.66. The summed E-state index contributed by atoms with van der Waals surface area (Å²) >= 11 is 1.52. The second-order valence-corrected chi connectivity index (χ2v) is 6.92. The Balaban J connectivity index is 1.48. The van der Waals surface area contributed by atoms with Gasteiger partial charge in [-0.2, -0.15) is 11.3 Å². The van der Waals surface area contributed by atoms with Crippen molar-refractivity contribution >= 4 is 17.2 Å². The van der Waals surface area contributed by atoms with Gasteiger partial charge in [0, 0.05) is 17.1 Å². The van der Waals surface area contributed by atoms with Crippen molar-refractivity contribution in [2.24, 2.45) is 5.92 Å². The minimum Gasteiger partial charge on any atom is -0.346 e. The fourth-order valence-corrected chi connectivity index (χ4v) is 3.44. The van der Waals surface area contributed by atoms with Gasteiger partial charge in [0.15, 0.2) is 0 Å². The quantitative estimate of drug-likeness (QED) is 0.914. The van der Waals surface area contributed by atoms with Crippen LogP contribution in [0.5, 0.6) is 0 Å². The lowest BCUT2D eigenvalue weighted by Gasteiger charge is -2.28. The van der Waals surface area contributed by atoms with Gasteiger partial charge in [0.25, 0.3) is 5.91 Å². The van der Waals surface area contributed by atoms with Crippen molar-refractivity contribution in [3.63, 3.8) is 0 Å². The molecule has 0 spiro atoms. The Morgan fingerprint density at radius 2 is 2.04 bits per heavy atom. The molecule has 1 aliphatic rings. The van der Waals surface area contributed by atoms with Crippen LogP contribution in [0.1, 0.15) is 34.6 Å². The van der Waals surface area contributed by atoms with Crippen LogP contribution in [-0.4, -0.2) is 40.9 Å². The number of thiophene rings is 1. The zero-order valence-corrected chi connectivity index (χ0v) is 14.2. The molecule has 2 aromatic rings. The molecule has 2 aromatic heterocycles. The summed E-state index contributed by atoms with van der Waals surface area (Å²) < 4.78 is 0. The molecule has 1 fully saturated rings. The van der Waals surface area contributed by atoms with Crippen LogP contribution < -0.4 is 5.32 Å². The van der Waals surface area contributed by atoms with E-state index in [2.05, 4.69) is 27.2 Å². The normalized spacial score (nSPS) is 16.4. The molecule has 0 atom stereocenters. The lowest BCUT2D eigenvalue weighted by molar-refractivity contribution is 0.0951. The summed E-state index contributed by atoms with van der Waals surface area (Å²) in [6.45, 7) is 2.76. The molecule has 0 bridgehead atoms. The molecular weight excluding hydrogens is 308 g/mol. The number of nitrogens with one attached hydrogen (secondary N) is 1. The Morgan fingerprint density at radius 1 is 1.30 bits per heavy atom. The van der Waals surface area contributed by atoms with Gasteiger partial charge >= 0.3 is 0 Å². The summed E-state index contributed by atoms with van der Waals surface area (Å²) in [7, 11) is 2.18. The number of likely N-dealkylation sites (tertiary alicyclic amines) is 1. The predicted molar refractivity (Wildman–Crippen MR) is 91.4 cm³/mol. The van der Waals surface area contributed by atoms with Crippen molar-refractivity contribution < 1.29 is 4.79 Å². The molecular formula is C17H22N4OS. The van der Waals surface area contributed by atoms with Crippen LogP contribution in [0.4, 0.5) is 0 Å². The SMILES string of the molecule is CN1CCC(Cc2cnc(CNC(=O)c3ccsc3)cn2)CC1. The highest BCUT2D eigenvalue weighted by atomic mass is 32.1. The maximum absolute atomic E-state index is 11.9. The molecule has 6 heteroatoms. The molecule has 0 aromatic carbocycles. The minimum atomic E-state index is -0.0662. The van der Waals surface area contributed by atoms with E-state index in [1.165, 1.54) is 37.3 Å². The van der Waals surface area contributed by atoms with Crippen LogP contribution in [0.2, 0.25) is 0 Å². The van der Waals surface area contributed by atoms with E-state index in [9.17, 15) is 4.79 Å². The summed E-state index contributed by atoms with van der Waals surface area (Å²) in [5.74, 6) is 0.646. The number of carbonyl (C=O) groups excluding carboxylic acids is 1. The lowest BCUT2D eigenvalue weighted by Crippen LogP contribution is -2.31. The highest BCUT2D eigenvalue weighted by Crippen LogP contribution is 2.19. The summed E-state index contributed by atoms with van der Waals surface area (Å²) in [4.78, 5) is 23.2. The smallest absolute Gasteiger partial charge is 0.252 e. The van der Waals surface area contributed by atoms with Crippen molar-refractivity contribution in [2.75, 3.05) is 20.1 Å². The fraction of sp³-hybridized carbons (Fsp3) is 0.471. The van der Waals surface area contributed by atoms with Gasteiger partial charge in [0.1, 0.15) is 0 Å². The van der Waals surface area contributed by atoms with E-state index >= 15 is 0 Å². The number of piperidine rings is 1. The molecule has 0 saturated carbocycles. The minimum absolute atomic E-state index is 0.0662. The summed E-state index contributed by atoms with van der Waals surface area (Å²) in [5, 5.41) is 6.60. The Hall–Kier alpha value is -1.79. The van der Waals surface area contributed by atoms with Crippen LogP contribution in [0.25, 0.3) is 0 Å². The molecule has 0 unspecified atom stereocenters. The molecule has 3 rings (SSSR count). The summed E-state index contributed by atoms with van der Waals surface area (Å²) in [6, 6.07) is 1.82. The number of carbonyl (C=O) groups is 1. The van der Waals surface area contributed by atoms with E-state index in [4.69, 9.17) is 0 Å². The maximum Gasteiger partial charge on any atom is 0.252 e. The maximum atomic E-state index is 11.9. The molecule has 5 nitrogen and oxygen atoms in total. The molecule has 23 heavy (non-hydrogen) atoms. The van der Waals surface area contributed by atoms with Crippen LogP contribution in [0.3, 0.4) is 0 Å². The molecule has 122 valence electrons. The monoisotopic (exact) mass is 330 g/mol. The summed E-state index contributed by atoms with van der Waals surface area (Å²) in [5.41, 5.74) is 2.54. The average molecular weight is 330 g/mol. The first-order chi connectivity index (χ1) is 11.2. The second-order valence-electron chi connectivity index (χ2n) is 6.14. The average Bonchev–Trinajstić information content (AvgIpc) is 3.11. The number of amides is 1. The topological polar surface area (TPSA) is 58.1 Å². The number of hydrogen-bond acceptors (Lipinski definition) is 5. The predicted octanol–water partition coefficient (Wildman–Crippen LogP) is 2.35. The number of nitrogens with zero attached hydrogens (tertiary/aromatic N) is 3. The first-order valence-corrected chi connectivity index (χ1v) is 8.94. The number of aromatic nitrogens is 2. The van der Waals surface area contributed by atoms with Gasteiger partial charge in [-0.1, -0.05) is 0 Å². The highest BCUT2D eigenvalue weighted by Gasteiger charge is 2.17. The van der Waals surface area contributed by atoms with E-state index in [1.54, 1.807) is 6.20 Å². The number of rotatable bonds is 5. The number of hydrogen-bond donors (Lipinski definition) is 1. The van der Waals surface area contributed by atoms with Gasteiger partial charge in [-0.05, 0) is 56.8 Å². The van der Waals surface area contributed by atoms with Gasteiger partial charge in [-0.15, -0.1) is 0 Å². The highest BCUT2D eigenvalue weighted by molar-refractivity contribution is 7.08. The largest absolute Gasteiger partial charge is 0.346 e. The first-order valence-electron chi connectivity index (χ1n) is 7.99. The third-order valence-electron chi connectivity index (χ3n) is 4.31. The Labute approximate surface area is 140 Å². The molecule has 1 amide bonds. The Morgan fingerprint density at radius 3 is 2.70 bits per heavy atom. The van der Waals surface area contributed by atoms with E-state index in [1.807, 2.05) is 23.0 Å². The van der Waals surface area contributed by atoms with E-state index in [0.29, 0.717) is 18.0 Å². The van der Waals surface area contributed by atoms with Crippen molar-refractivity contribution in [2.45, 2.75) is 25.8 Å². The third-order valence-corrected chi connectivity index (χ3v) is 4.99. The van der Waals surface area contributed by atoms with Crippen molar-refractivity contribution in [1.82, 2.24) is 20.2 Å². The van der Waals surface area contributed by atoms with Crippen molar-refractivity contribution in [3.8, 4) is 0 Å². The fourth-order valence-electron chi connectivity index (χ4n) is 2.81. The molecule has 3 heterocycles. The van der Waals surface area contributed by atoms with E-state index < -0.39 is 0 Å². The molecule has 0 radical (unpaired) electrons. The zero-order chi connectivity index (χ0) is 16.1. The Kier molecular flexibility index (Phi) is 5.35. The standard InChI is InChI=1S/C17H22N4OS/c1-21-5-2-13(3-6-21)8-15-9-19-16(10-18-15)11-20-17(22)14-4-7-23-12-14/h4,7,9-10,12-13H,2-3,5-6,8,11H2,1H3,(H,20,22). The lowest BCUT2D eigenvalue weighted by atomic mass is 9.92. The van der Waals surface area contributed by atoms with Gasteiger partial charge < -0.3 is 10.2 Å². The van der Waals surface area contributed by atoms with E-state index in [0.717, 1.165) is 17.8 Å². The van der Waals surface area contributed by atoms with Gasteiger partial charge in [0.2, 0.25) is 0 Å². The van der Waals surface area contributed by atoms with E-state index in [-0.39, 0.29) is 5.91 Å². The molecule has 0 aliphatic carbocycles. The Bertz CT molecular complexity index is 619. The van der Waals surface area contributed by atoms with Crippen LogP contribution in [-0.2, 0) is 13.0 Å². The van der Waals surface area contributed by atoms with Crippen LogP contribution >= 0.6 is 11.3 Å². The van der Waals surface area contributed by atoms with Crippen LogP contribution in [0.15, 0.2) is 29.2 Å². The summed E-state index contributed by atoms with van der Waals surface area (Å²) in [6.07, 6.45) is 7.10.